The van der Waals surface area contributed by atoms with Crippen molar-refractivity contribution in [2.24, 2.45) is 5.41 Å². The third kappa shape index (κ3) is 7.65. The molecule has 2 aliphatic heterocycles. The van der Waals surface area contributed by atoms with Crippen LogP contribution in [0.5, 0.6) is 0 Å². The topological polar surface area (TPSA) is 74.8 Å². The SMILES string of the molecule is COCC(=O)NC(CCN1CCC2(CC1)CCN(Cc1ccc(Br)cc1)C2=O)c1ccccn1.Cl.Cl. The number of halogens is 3. The molecule has 0 saturated carbocycles. The summed E-state index contributed by atoms with van der Waals surface area (Å²) in [6.07, 6.45) is 5.25. The molecule has 3 heterocycles. The number of nitrogens with one attached hydrogen (secondary N) is 1. The molecule has 2 aliphatic rings. The third-order valence-electron chi connectivity index (χ3n) is 7.09. The van der Waals surface area contributed by atoms with Gasteiger partial charge in [-0.3, -0.25) is 14.6 Å². The Kier molecular flexibility index (Phi) is 12.1. The number of pyridine rings is 1. The van der Waals surface area contributed by atoms with Crippen LogP contribution in [0.4, 0.5) is 0 Å². The molecule has 1 spiro atoms. The minimum absolute atomic E-state index is 0. The van der Waals surface area contributed by atoms with Crippen molar-refractivity contribution >= 4 is 52.6 Å². The first-order valence-electron chi connectivity index (χ1n) is 11.9. The van der Waals surface area contributed by atoms with Gasteiger partial charge in [-0.05, 0) is 68.6 Å². The first-order valence-corrected chi connectivity index (χ1v) is 12.7. The first-order chi connectivity index (χ1) is 16.5. The fourth-order valence-corrected chi connectivity index (χ4v) is 5.34. The number of carbonyl (C=O) groups excluding carboxylic acids is 2. The highest BCUT2D eigenvalue weighted by atomic mass is 79.9. The molecule has 198 valence electrons. The van der Waals surface area contributed by atoms with Gasteiger partial charge in [0.05, 0.1) is 17.2 Å². The maximum absolute atomic E-state index is 13.3. The number of benzene rings is 1. The molecular weight excluding hydrogens is 567 g/mol. The standard InChI is InChI=1S/C26H33BrN4O3.2ClH/c1-34-19-24(32)29-23(22-4-2-3-13-28-22)9-14-30-15-10-26(11-16-30)12-17-31(25(26)33)18-20-5-7-21(27)8-6-20;;/h2-8,13,23H,9-12,14-19H2,1H3,(H,29,32);2*1H. The Labute approximate surface area is 234 Å². The molecule has 0 bridgehead atoms. The number of piperidine rings is 1. The lowest BCUT2D eigenvalue weighted by atomic mass is 9.77. The van der Waals surface area contributed by atoms with Gasteiger partial charge in [-0.15, -0.1) is 24.8 Å². The van der Waals surface area contributed by atoms with Gasteiger partial charge in [-0.2, -0.15) is 0 Å². The Hall–Kier alpha value is -1.71. The lowest BCUT2D eigenvalue weighted by molar-refractivity contribution is -0.139. The van der Waals surface area contributed by atoms with Gasteiger partial charge in [0.25, 0.3) is 0 Å². The summed E-state index contributed by atoms with van der Waals surface area (Å²) in [4.78, 5) is 34.3. The summed E-state index contributed by atoms with van der Waals surface area (Å²) in [5.41, 5.74) is 1.82. The number of hydrogen-bond donors (Lipinski definition) is 1. The molecule has 0 aliphatic carbocycles. The molecule has 1 aromatic carbocycles. The van der Waals surface area contributed by atoms with E-state index in [1.54, 1.807) is 6.20 Å². The van der Waals surface area contributed by atoms with E-state index < -0.39 is 0 Å². The maximum atomic E-state index is 13.3. The van der Waals surface area contributed by atoms with Crippen molar-refractivity contribution in [2.75, 3.05) is 39.9 Å². The van der Waals surface area contributed by atoms with Crippen molar-refractivity contribution in [3.63, 3.8) is 0 Å². The van der Waals surface area contributed by atoms with Crippen LogP contribution >= 0.6 is 40.7 Å². The number of amides is 2. The summed E-state index contributed by atoms with van der Waals surface area (Å²) in [7, 11) is 1.52. The normalized spacial score (nSPS) is 17.8. The summed E-state index contributed by atoms with van der Waals surface area (Å²) in [5.74, 6) is 0.173. The highest BCUT2D eigenvalue weighted by Gasteiger charge is 2.47. The fraction of sp³-hybridized carbons (Fsp3) is 0.500. The highest BCUT2D eigenvalue weighted by Crippen LogP contribution is 2.42. The highest BCUT2D eigenvalue weighted by molar-refractivity contribution is 9.10. The van der Waals surface area contributed by atoms with E-state index in [0.717, 1.165) is 62.0 Å². The lowest BCUT2D eigenvalue weighted by Crippen LogP contribution is -2.45. The molecule has 2 saturated heterocycles. The van der Waals surface area contributed by atoms with Gasteiger partial charge in [0.15, 0.2) is 0 Å². The van der Waals surface area contributed by atoms with E-state index in [1.165, 1.54) is 12.7 Å². The number of likely N-dealkylation sites (tertiary alicyclic amines) is 2. The Balaban J connectivity index is 0.00000228. The summed E-state index contributed by atoms with van der Waals surface area (Å²) in [6, 6.07) is 13.8. The van der Waals surface area contributed by atoms with Crippen LogP contribution in [0.25, 0.3) is 0 Å². The lowest BCUT2D eigenvalue weighted by Gasteiger charge is -2.38. The molecule has 36 heavy (non-hydrogen) atoms. The van der Waals surface area contributed by atoms with Gasteiger partial charge in [0.1, 0.15) is 6.61 Å². The monoisotopic (exact) mass is 600 g/mol. The average molecular weight is 602 g/mol. The summed E-state index contributed by atoms with van der Waals surface area (Å²) in [5, 5.41) is 3.05. The van der Waals surface area contributed by atoms with Crippen LogP contribution < -0.4 is 5.32 Å². The molecule has 1 aromatic heterocycles. The Morgan fingerprint density at radius 1 is 1.11 bits per heavy atom. The quantitative estimate of drug-likeness (QED) is 0.461. The van der Waals surface area contributed by atoms with Crippen LogP contribution in [-0.2, 0) is 20.9 Å². The van der Waals surface area contributed by atoms with E-state index in [2.05, 4.69) is 43.3 Å². The number of carbonyl (C=O) groups is 2. The smallest absolute Gasteiger partial charge is 0.246 e. The van der Waals surface area contributed by atoms with Gasteiger partial charge in [-0.25, -0.2) is 0 Å². The van der Waals surface area contributed by atoms with Gasteiger partial charge < -0.3 is 19.9 Å². The van der Waals surface area contributed by atoms with E-state index >= 15 is 0 Å². The molecule has 0 radical (unpaired) electrons. The number of hydrogen-bond acceptors (Lipinski definition) is 5. The fourth-order valence-electron chi connectivity index (χ4n) is 5.08. The second-order valence-corrected chi connectivity index (χ2v) is 10.2. The van der Waals surface area contributed by atoms with Gasteiger partial charge in [-0.1, -0.05) is 34.1 Å². The van der Waals surface area contributed by atoms with Crippen molar-refractivity contribution in [1.82, 2.24) is 20.1 Å². The zero-order chi connectivity index (χ0) is 24.0. The minimum Gasteiger partial charge on any atom is -0.375 e. The predicted molar refractivity (Wildman–Crippen MR) is 148 cm³/mol. The summed E-state index contributed by atoms with van der Waals surface area (Å²) < 4.78 is 6.02. The molecule has 2 amide bonds. The van der Waals surface area contributed by atoms with Crippen LogP contribution in [-0.4, -0.2) is 66.5 Å². The zero-order valence-corrected chi connectivity index (χ0v) is 23.7. The average Bonchev–Trinajstić information content (AvgIpc) is 3.14. The van der Waals surface area contributed by atoms with E-state index in [4.69, 9.17) is 4.74 Å². The molecule has 1 atom stereocenters. The second-order valence-electron chi connectivity index (χ2n) is 9.32. The Bertz CT molecular complexity index is 973. The van der Waals surface area contributed by atoms with E-state index in [0.29, 0.717) is 12.5 Å². The van der Waals surface area contributed by atoms with Crippen LogP contribution in [0.1, 0.15) is 43.0 Å². The largest absolute Gasteiger partial charge is 0.375 e. The van der Waals surface area contributed by atoms with E-state index in [9.17, 15) is 9.59 Å². The van der Waals surface area contributed by atoms with Crippen molar-refractivity contribution in [3.05, 3.63) is 64.4 Å². The van der Waals surface area contributed by atoms with Crippen molar-refractivity contribution in [3.8, 4) is 0 Å². The van der Waals surface area contributed by atoms with Crippen molar-refractivity contribution in [2.45, 2.75) is 38.3 Å². The molecule has 4 rings (SSSR count). The van der Waals surface area contributed by atoms with E-state index in [1.807, 2.05) is 35.2 Å². The summed E-state index contributed by atoms with van der Waals surface area (Å²) in [6.45, 7) is 4.21. The Morgan fingerprint density at radius 2 is 1.81 bits per heavy atom. The number of rotatable bonds is 9. The van der Waals surface area contributed by atoms with Gasteiger partial charge in [0, 0.05) is 37.4 Å². The first kappa shape index (κ1) is 30.5. The minimum atomic E-state index is -0.209. The molecule has 2 aromatic rings. The third-order valence-corrected chi connectivity index (χ3v) is 7.62. The predicted octanol–water partition coefficient (Wildman–Crippen LogP) is 4.40. The van der Waals surface area contributed by atoms with Crippen LogP contribution in [0.3, 0.4) is 0 Å². The van der Waals surface area contributed by atoms with E-state index in [-0.39, 0.29) is 48.8 Å². The van der Waals surface area contributed by atoms with Gasteiger partial charge in [0.2, 0.25) is 11.8 Å². The van der Waals surface area contributed by atoms with Crippen molar-refractivity contribution in [1.29, 1.82) is 0 Å². The number of nitrogens with zero attached hydrogens (tertiary/aromatic N) is 3. The zero-order valence-electron chi connectivity index (χ0n) is 20.5. The molecular formula is C26H35BrCl2N4O3. The second kappa shape index (κ2) is 14.3. The van der Waals surface area contributed by atoms with Gasteiger partial charge >= 0.3 is 0 Å². The summed E-state index contributed by atoms with van der Waals surface area (Å²) >= 11 is 3.47. The van der Waals surface area contributed by atoms with Crippen LogP contribution in [0.2, 0.25) is 0 Å². The Morgan fingerprint density at radius 3 is 2.44 bits per heavy atom. The molecule has 1 unspecified atom stereocenters. The van der Waals surface area contributed by atoms with Crippen LogP contribution in [0, 0.1) is 5.41 Å². The van der Waals surface area contributed by atoms with Crippen molar-refractivity contribution < 1.29 is 14.3 Å². The maximum Gasteiger partial charge on any atom is 0.246 e. The molecule has 7 nitrogen and oxygen atoms in total. The number of aromatic nitrogens is 1. The van der Waals surface area contributed by atoms with Crippen LogP contribution in [0.15, 0.2) is 53.1 Å². The molecule has 2 fully saturated rings. The number of methoxy groups -OCH3 is 1. The molecule has 10 heteroatoms. The molecule has 1 N–H and O–H groups in total. The number of ether oxygens (including phenoxy) is 1.